The van der Waals surface area contributed by atoms with Crippen LogP contribution in [0.1, 0.15) is 35.2 Å². The van der Waals surface area contributed by atoms with E-state index in [1.54, 1.807) is 0 Å². The minimum Gasteiger partial charge on any atom is -0.300 e. The van der Waals surface area contributed by atoms with Crippen molar-refractivity contribution in [1.82, 2.24) is 0 Å². The molecule has 2 nitrogen and oxygen atoms in total. The number of hydrogen-bond donors (Lipinski definition) is 0. The van der Waals surface area contributed by atoms with E-state index in [0.29, 0.717) is 18.6 Å². The van der Waals surface area contributed by atoms with Crippen LogP contribution in [0.2, 0.25) is 0 Å². The lowest BCUT2D eigenvalue weighted by Gasteiger charge is -2.11. The molecule has 0 radical (unpaired) electrons. The van der Waals surface area contributed by atoms with E-state index in [2.05, 4.69) is 0 Å². The zero-order valence-electron chi connectivity index (χ0n) is 9.76. The molecule has 1 saturated carbocycles. The van der Waals surface area contributed by atoms with Crippen LogP contribution < -0.4 is 0 Å². The van der Waals surface area contributed by atoms with Gasteiger partial charge in [0, 0.05) is 24.3 Å². The van der Waals surface area contributed by atoms with Gasteiger partial charge in [-0.25, -0.2) is 4.39 Å². The highest BCUT2D eigenvalue weighted by Gasteiger charge is 2.34. The van der Waals surface area contributed by atoms with E-state index >= 15 is 0 Å². The molecule has 0 aromatic heterocycles. The summed E-state index contributed by atoms with van der Waals surface area (Å²) in [6.45, 7) is 0. The van der Waals surface area contributed by atoms with Gasteiger partial charge < -0.3 is 0 Å². The van der Waals surface area contributed by atoms with Crippen molar-refractivity contribution in [3.05, 3.63) is 35.1 Å². The summed E-state index contributed by atoms with van der Waals surface area (Å²) in [6, 6.07) is 1.76. The topological polar surface area (TPSA) is 34.1 Å². The standard InChI is InChI=1S/C13H10F4O2/c14-10-4-8(3-9(6-10)13(15,16)17)12(19)7-1-2-11(18)5-7/h3-4,6-7H,1-2,5H2. The summed E-state index contributed by atoms with van der Waals surface area (Å²) in [6.07, 6.45) is -4.12. The molecule has 102 valence electrons. The Balaban J connectivity index is 2.32. The van der Waals surface area contributed by atoms with Crippen molar-refractivity contribution >= 4 is 11.6 Å². The number of Topliss-reactive ketones (excluding diaryl/α,β-unsaturated/α-hetero) is 2. The summed E-state index contributed by atoms with van der Waals surface area (Å²) in [5.74, 6) is -2.43. The molecular weight excluding hydrogens is 264 g/mol. The van der Waals surface area contributed by atoms with Crippen molar-refractivity contribution in [3.8, 4) is 0 Å². The molecule has 0 spiro atoms. The summed E-state index contributed by atoms with van der Waals surface area (Å²) in [5.41, 5.74) is -1.52. The summed E-state index contributed by atoms with van der Waals surface area (Å²) in [5, 5.41) is 0. The first-order chi connectivity index (χ1) is 8.77. The second-order valence-electron chi connectivity index (χ2n) is 4.57. The molecule has 0 aliphatic heterocycles. The maximum atomic E-state index is 13.2. The Labute approximate surface area is 106 Å². The normalized spacial score (nSPS) is 19.8. The monoisotopic (exact) mass is 274 g/mol. The molecule has 1 aliphatic carbocycles. The van der Waals surface area contributed by atoms with Gasteiger partial charge in [0.2, 0.25) is 0 Å². The summed E-state index contributed by atoms with van der Waals surface area (Å²) >= 11 is 0. The number of alkyl halides is 3. The quantitative estimate of drug-likeness (QED) is 0.612. The highest BCUT2D eigenvalue weighted by atomic mass is 19.4. The predicted octanol–water partition coefficient (Wildman–Crippen LogP) is 3.40. The molecule has 1 aliphatic rings. The zero-order valence-corrected chi connectivity index (χ0v) is 9.76. The smallest absolute Gasteiger partial charge is 0.300 e. The third kappa shape index (κ3) is 3.00. The van der Waals surface area contributed by atoms with Crippen molar-refractivity contribution in [3.63, 3.8) is 0 Å². The molecule has 1 fully saturated rings. The minimum atomic E-state index is -4.71. The molecule has 19 heavy (non-hydrogen) atoms. The first-order valence-corrected chi connectivity index (χ1v) is 5.71. The van der Waals surface area contributed by atoms with Crippen LogP contribution in [0.15, 0.2) is 18.2 Å². The van der Waals surface area contributed by atoms with E-state index in [1.165, 1.54) is 0 Å². The maximum absolute atomic E-state index is 13.2. The highest BCUT2D eigenvalue weighted by Crippen LogP contribution is 2.32. The number of halogens is 4. The molecule has 1 aromatic rings. The number of carbonyl (C=O) groups is 2. The fourth-order valence-electron chi connectivity index (χ4n) is 2.17. The zero-order chi connectivity index (χ0) is 14.2. The maximum Gasteiger partial charge on any atom is 0.416 e. The fourth-order valence-corrected chi connectivity index (χ4v) is 2.17. The molecule has 0 amide bonds. The van der Waals surface area contributed by atoms with E-state index in [9.17, 15) is 27.2 Å². The summed E-state index contributed by atoms with van der Waals surface area (Å²) < 4.78 is 50.7. The average Bonchev–Trinajstić information content (AvgIpc) is 2.73. The van der Waals surface area contributed by atoms with Crippen molar-refractivity contribution in [1.29, 1.82) is 0 Å². The van der Waals surface area contributed by atoms with Gasteiger partial charge in [-0.15, -0.1) is 0 Å². The molecular formula is C13H10F4O2. The van der Waals surface area contributed by atoms with Crippen molar-refractivity contribution in [2.24, 2.45) is 5.92 Å². The Morgan fingerprint density at radius 3 is 2.42 bits per heavy atom. The molecule has 1 aromatic carbocycles. The first kappa shape index (κ1) is 13.7. The van der Waals surface area contributed by atoms with Crippen LogP contribution in [0.25, 0.3) is 0 Å². The number of hydrogen-bond acceptors (Lipinski definition) is 2. The largest absolute Gasteiger partial charge is 0.416 e. The van der Waals surface area contributed by atoms with Crippen LogP contribution in [-0.2, 0) is 11.0 Å². The predicted molar refractivity (Wildman–Crippen MR) is 58.1 cm³/mol. The Morgan fingerprint density at radius 1 is 1.21 bits per heavy atom. The average molecular weight is 274 g/mol. The third-order valence-electron chi connectivity index (χ3n) is 3.13. The Morgan fingerprint density at radius 2 is 1.89 bits per heavy atom. The van der Waals surface area contributed by atoms with Gasteiger partial charge >= 0.3 is 6.18 Å². The van der Waals surface area contributed by atoms with Crippen LogP contribution in [0.4, 0.5) is 17.6 Å². The second-order valence-corrected chi connectivity index (χ2v) is 4.57. The molecule has 1 atom stereocenters. The third-order valence-corrected chi connectivity index (χ3v) is 3.13. The van der Waals surface area contributed by atoms with Gasteiger partial charge in [0.15, 0.2) is 5.78 Å². The first-order valence-electron chi connectivity index (χ1n) is 5.71. The summed E-state index contributed by atoms with van der Waals surface area (Å²) in [4.78, 5) is 23.0. The number of rotatable bonds is 2. The van der Waals surface area contributed by atoms with E-state index in [-0.39, 0.29) is 24.2 Å². The highest BCUT2D eigenvalue weighted by molar-refractivity contribution is 6.01. The van der Waals surface area contributed by atoms with Crippen molar-refractivity contribution < 1.29 is 27.2 Å². The second kappa shape index (κ2) is 4.75. The van der Waals surface area contributed by atoms with Gasteiger partial charge in [0.1, 0.15) is 11.6 Å². The van der Waals surface area contributed by atoms with Gasteiger partial charge in [0.05, 0.1) is 5.56 Å². The van der Waals surface area contributed by atoms with E-state index in [4.69, 9.17) is 0 Å². The lowest BCUT2D eigenvalue weighted by Crippen LogP contribution is -2.14. The molecule has 0 heterocycles. The van der Waals surface area contributed by atoms with E-state index in [0.717, 1.165) is 6.07 Å². The van der Waals surface area contributed by atoms with E-state index < -0.39 is 29.3 Å². The van der Waals surface area contributed by atoms with Gasteiger partial charge in [-0.3, -0.25) is 9.59 Å². The molecule has 6 heteroatoms. The number of ketones is 2. The fraction of sp³-hybridized carbons (Fsp3) is 0.385. The van der Waals surface area contributed by atoms with Gasteiger partial charge in [-0.1, -0.05) is 0 Å². The lowest BCUT2D eigenvalue weighted by atomic mass is 9.95. The van der Waals surface area contributed by atoms with Gasteiger partial charge in [0.25, 0.3) is 0 Å². The van der Waals surface area contributed by atoms with Crippen LogP contribution in [0.3, 0.4) is 0 Å². The van der Waals surface area contributed by atoms with Gasteiger partial charge in [-0.05, 0) is 24.6 Å². The Kier molecular flexibility index (Phi) is 3.43. The van der Waals surface area contributed by atoms with Crippen LogP contribution >= 0.6 is 0 Å². The molecule has 1 unspecified atom stereocenters. The summed E-state index contributed by atoms with van der Waals surface area (Å²) in [7, 11) is 0. The van der Waals surface area contributed by atoms with Crippen LogP contribution in [0.5, 0.6) is 0 Å². The molecule has 0 N–H and O–H groups in total. The number of carbonyl (C=O) groups excluding carboxylic acids is 2. The molecule has 0 bridgehead atoms. The Hall–Kier alpha value is -1.72. The van der Waals surface area contributed by atoms with Gasteiger partial charge in [-0.2, -0.15) is 13.2 Å². The number of benzene rings is 1. The molecule has 0 saturated heterocycles. The van der Waals surface area contributed by atoms with Crippen LogP contribution in [0, 0.1) is 11.7 Å². The van der Waals surface area contributed by atoms with Crippen molar-refractivity contribution in [2.45, 2.75) is 25.4 Å². The minimum absolute atomic E-state index is 0.0245. The van der Waals surface area contributed by atoms with E-state index in [1.807, 2.05) is 0 Å². The Bertz CT molecular complexity index is 534. The molecule has 2 rings (SSSR count). The lowest BCUT2D eigenvalue weighted by molar-refractivity contribution is -0.137. The van der Waals surface area contributed by atoms with Crippen LogP contribution in [-0.4, -0.2) is 11.6 Å². The van der Waals surface area contributed by atoms with Crippen molar-refractivity contribution in [2.75, 3.05) is 0 Å². The SMILES string of the molecule is O=C1CCC(C(=O)c2cc(F)cc(C(F)(F)F)c2)C1.